The van der Waals surface area contributed by atoms with E-state index in [4.69, 9.17) is 11.3 Å². The average molecular weight is 185 g/mol. The summed E-state index contributed by atoms with van der Waals surface area (Å²) in [5, 5.41) is 6.32. The normalized spacial score (nSPS) is 10.6. The van der Waals surface area contributed by atoms with Crippen molar-refractivity contribution in [1.29, 1.82) is 0 Å². The summed E-state index contributed by atoms with van der Waals surface area (Å²) in [5.41, 5.74) is 12.4. The Balaban J connectivity index is 3.63. The van der Waals surface area contributed by atoms with Crippen LogP contribution in [-0.2, 0) is 4.79 Å². The fourth-order valence-electron chi connectivity index (χ4n) is 0.682. The molecule has 0 heterocycles. The van der Waals surface area contributed by atoms with Crippen molar-refractivity contribution >= 4 is 5.91 Å². The molecule has 0 saturated heterocycles. The molecule has 0 aromatic carbocycles. The third-order valence-corrected chi connectivity index (χ3v) is 1.68. The lowest BCUT2D eigenvalue weighted by Crippen LogP contribution is -2.50. The molecule has 0 spiro atoms. The molecular weight excluding hydrogens is 170 g/mol. The highest BCUT2D eigenvalue weighted by Gasteiger charge is 2.22. The van der Waals surface area contributed by atoms with E-state index in [2.05, 4.69) is 15.3 Å². The van der Waals surface area contributed by atoms with Crippen molar-refractivity contribution in [3.05, 3.63) is 10.4 Å². The zero-order valence-electron chi connectivity index (χ0n) is 7.95. The molecule has 0 aliphatic rings. The zero-order valence-corrected chi connectivity index (χ0v) is 7.95. The van der Waals surface area contributed by atoms with Gasteiger partial charge in [-0.3, -0.25) is 4.79 Å². The van der Waals surface area contributed by atoms with Crippen molar-refractivity contribution in [2.45, 2.75) is 25.8 Å². The van der Waals surface area contributed by atoms with Crippen LogP contribution in [0.15, 0.2) is 5.11 Å². The first-order valence-electron chi connectivity index (χ1n) is 4.06. The van der Waals surface area contributed by atoms with Crippen molar-refractivity contribution in [1.82, 2.24) is 5.32 Å². The molecule has 1 amide bonds. The van der Waals surface area contributed by atoms with E-state index in [0.717, 1.165) is 0 Å². The number of azide groups is 1. The van der Waals surface area contributed by atoms with Gasteiger partial charge in [0, 0.05) is 11.5 Å². The molecule has 0 rings (SSSR count). The molecule has 0 bridgehead atoms. The fourth-order valence-corrected chi connectivity index (χ4v) is 0.682. The van der Waals surface area contributed by atoms with Crippen LogP contribution in [-0.4, -0.2) is 24.5 Å². The van der Waals surface area contributed by atoms with Gasteiger partial charge in [-0.05, 0) is 32.3 Å². The van der Waals surface area contributed by atoms with Crippen molar-refractivity contribution < 1.29 is 4.79 Å². The van der Waals surface area contributed by atoms with Crippen molar-refractivity contribution in [2.75, 3.05) is 13.1 Å². The smallest absolute Gasteiger partial charge is 0.237 e. The van der Waals surface area contributed by atoms with Crippen LogP contribution in [0, 0.1) is 0 Å². The second-order valence-electron chi connectivity index (χ2n) is 3.22. The molecule has 3 N–H and O–H groups in total. The third-order valence-electron chi connectivity index (χ3n) is 1.68. The molecule has 0 aromatic rings. The number of carbonyl (C=O) groups excluding carboxylic acids is 1. The molecule has 0 fully saturated rings. The number of nitrogens with zero attached hydrogens (tertiary/aromatic N) is 3. The maximum Gasteiger partial charge on any atom is 0.237 e. The van der Waals surface area contributed by atoms with Crippen LogP contribution in [0.5, 0.6) is 0 Å². The second kappa shape index (κ2) is 5.40. The SMILES string of the molecule is CC(C)(NCCCN=[N+]=[N-])C(N)=O. The van der Waals surface area contributed by atoms with Crippen LogP contribution in [0.2, 0.25) is 0 Å². The quantitative estimate of drug-likeness (QED) is 0.273. The molecular formula is C7H15N5O. The first-order chi connectivity index (χ1) is 6.00. The van der Waals surface area contributed by atoms with Crippen molar-refractivity contribution in [3.63, 3.8) is 0 Å². The minimum absolute atomic E-state index is 0.392. The lowest BCUT2D eigenvalue weighted by Gasteiger charge is -2.21. The van der Waals surface area contributed by atoms with E-state index in [0.29, 0.717) is 19.5 Å². The Bertz CT molecular complexity index is 219. The molecule has 0 aromatic heterocycles. The molecule has 0 unspecified atom stereocenters. The highest BCUT2D eigenvalue weighted by atomic mass is 16.1. The molecule has 74 valence electrons. The fraction of sp³-hybridized carbons (Fsp3) is 0.857. The van der Waals surface area contributed by atoms with E-state index in [-0.39, 0.29) is 0 Å². The Morgan fingerprint density at radius 1 is 1.69 bits per heavy atom. The Hall–Kier alpha value is -1.26. The average Bonchev–Trinajstić information content (AvgIpc) is 2.03. The number of hydrogen-bond donors (Lipinski definition) is 2. The first-order valence-corrected chi connectivity index (χ1v) is 4.06. The van der Waals surface area contributed by atoms with Crippen molar-refractivity contribution in [3.8, 4) is 0 Å². The van der Waals surface area contributed by atoms with E-state index >= 15 is 0 Å². The van der Waals surface area contributed by atoms with Gasteiger partial charge in [0.25, 0.3) is 0 Å². The van der Waals surface area contributed by atoms with Gasteiger partial charge in [0.15, 0.2) is 0 Å². The summed E-state index contributed by atoms with van der Waals surface area (Å²) in [6, 6.07) is 0. The summed E-state index contributed by atoms with van der Waals surface area (Å²) in [7, 11) is 0. The number of amides is 1. The van der Waals surface area contributed by atoms with Crippen LogP contribution in [0.3, 0.4) is 0 Å². The molecule has 6 heteroatoms. The topological polar surface area (TPSA) is 104 Å². The summed E-state index contributed by atoms with van der Waals surface area (Å²) < 4.78 is 0. The van der Waals surface area contributed by atoms with Crippen LogP contribution < -0.4 is 11.1 Å². The molecule has 0 atom stereocenters. The summed E-state index contributed by atoms with van der Waals surface area (Å²) in [6.07, 6.45) is 0.695. The molecule has 0 radical (unpaired) electrons. The maximum absolute atomic E-state index is 10.8. The third kappa shape index (κ3) is 5.05. The highest BCUT2D eigenvalue weighted by molar-refractivity contribution is 5.83. The van der Waals surface area contributed by atoms with Gasteiger partial charge in [0.2, 0.25) is 5.91 Å². The minimum atomic E-state index is -0.698. The van der Waals surface area contributed by atoms with Crippen LogP contribution in [0.25, 0.3) is 10.4 Å². The zero-order chi connectivity index (χ0) is 10.3. The Morgan fingerprint density at radius 3 is 2.77 bits per heavy atom. The van der Waals surface area contributed by atoms with E-state index in [9.17, 15) is 4.79 Å². The molecule has 0 saturated carbocycles. The standard InChI is InChI=1S/C7H15N5O/c1-7(2,6(8)13)10-4-3-5-11-12-9/h10H,3-5H2,1-2H3,(H2,8,13). The monoisotopic (exact) mass is 185 g/mol. The summed E-state index contributed by atoms with van der Waals surface area (Å²) in [6.45, 7) is 4.46. The largest absolute Gasteiger partial charge is 0.368 e. The van der Waals surface area contributed by atoms with E-state index in [1.165, 1.54) is 0 Å². The van der Waals surface area contributed by atoms with Gasteiger partial charge in [-0.15, -0.1) is 0 Å². The van der Waals surface area contributed by atoms with Gasteiger partial charge in [-0.1, -0.05) is 5.11 Å². The van der Waals surface area contributed by atoms with Crippen molar-refractivity contribution in [2.24, 2.45) is 10.8 Å². The van der Waals surface area contributed by atoms with Gasteiger partial charge in [0.1, 0.15) is 0 Å². The van der Waals surface area contributed by atoms with Gasteiger partial charge >= 0.3 is 0 Å². The minimum Gasteiger partial charge on any atom is -0.368 e. The molecule has 0 aliphatic carbocycles. The number of rotatable bonds is 6. The second-order valence-corrected chi connectivity index (χ2v) is 3.22. The predicted octanol–water partition coefficient (Wildman–Crippen LogP) is 0.540. The van der Waals surface area contributed by atoms with Crippen LogP contribution in [0.1, 0.15) is 20.3 Å². The number of primary amides is 1. The Labute approximate surface area is 77.1 Å². The van der Waals surface area contributed by atoms with Crippen LogP contribution >= 0.6 is 0 Å². The van der Waals surface area contributed by atoms with Gasteiger partial charge in [-0.25, -0.2) is 0 Å². The summed E-state index contributed by atoms with van der Waals surface area (Å²) in [4.78, 5) is 13.4. The lowest BCUT2D eigenvalue weighted by molar-refractivity contribution is -0.123. The van der Waals surface area contributed by atoms with Gasteiger partial charge in [0.05, 0.1) is 5.54 Å². The highest BCUT2D eigenvalue weighted by Crippen LogP contribution is 1.99. The molecule has 13 heavy (non-hydrogen) atoms. The predicted molar refractivity (Wildman–Crippen MR) is 49.9 cm³/mol. The van der Waals surface area contributed by atoms with Gasteiger partial charge < -0.3 is 11.1 Å². The lowest BCUT2D eigenvalue weighted by atomic mass is 10.1. The number of nitrogens with two attached hydrogens (primary N) is 1. The van der Waals surface area contributed by atoms with E-state index in [1.807, 2.05) is 0 Å². The first kappa shape index (κ1) is 11.7. The maximum atomic E-state index is 10.8. The van der Waals surface area contributed by atoms with Crippen LogP contribution in [0.4, 0.5) is 0 Å². The molecule has 6 nitrogen and oxygen atoms in total. The number of hydrogen-bond acceptors (Lipinski definition) is 3. The summed E-state index contributed by atoms with van der Waals surface area (Å²) in [5.74, 6) is -0.392. The van der Waals surface area contributed by atoms with E-state index in [1.54, 1.807) is 13.8 Å². The summed E-state index contributed by atoms with van der Waals surface area (Å²) >= 11 is 0. The number of nitrogens with one attached hydrogen (secondary N) is 1. The Kier molecular flexibility index (Phi) is 4.87. The Morgan fingerprint density at radius 2 is 2.31 bits per heavy atom. The van der Waals surface area contributed by atoms with Gasteiger partial charge in [-0.2, -0.15) is 0 Å². The van der Waals surface area contributed by atoms with E-state index < -0.39 is 11.4 Å². The molecule has 0 aliphatic heterocycles. The number of carbonyl (C=O) groups is 1.